The van der Waals surface area contributed by atoms with Crippen molar-refractivity contribution in [3.05, 3.63) is 12.2 Å². The Balaban J connectivity index is 3.30. The van der Waals surface area contributed by atoms with Gasteiger partial charge in [0.15, 0.2) is 0 Å². The van der Waals surface area contributed by atoms with Gasteiger partial charge in [0.1, 0.15) is 6.61 Å². The summed E-state index contributed by atoms with van der Waals surface area (Å²) < 4.78 is 4.98. The predicted octanol–water partition coefficient (Wildman–Crippen LogP) is 4.48. The van der Waals surface area contributed by atoms with Crippen molar-refractivity contribution in [1.29, 1.82) is 0 Å². The minimum absolute atomic E-state index is 0.0294. The Morgan fingerprint density at radius 1 is 0.929 bits per heavy atom. The fourth-order valence-electron chi connectivity index (χ4n) is 2.77. The highest BCUT2D eigenvalue weighted by Gasteiger charge is 2.04. The summed E-state index contributed by atoms with van der Waals surface area (Å²) in [6.07, 6.45) is 17.3. The molecule has 0 unspecified atom stereocenters. The lowest BCUT2D eigenvalue weighted by molar-refractivity contribution is -0.276. The van der Waals surface area contributed by atoms with Crippen molar-refractivity contribution in [2.45, 2.75) is 96.5 Å². The summed E-state index contributed by atoms with van der Waals surface area (Å²) in [6, 6.07) is 0. The fraction of sp³-hybridized carbons (Fsp3) is 0.864. The van der Waals surface area contributed by atoms with E-state index in [0.29, 0.717) is 13.0 Å². The molecule has 0 aliphatic carbocycles. The van der Waals surface area contributed by atoms with E-state index in [-0.39, 0.29) is 31.9 Å². The molecule has 0 aromatic carbocycles. The fourth-order valence-corrected chi connectivity index (χ4v) is 2.77. The van der Waals surface area contributed by atoms with Crippen LogP contribution in [0.3, 0.4) is 0 Å². The molecule has 2 N–H and O–H groups in total. The van der Waals surface area contributed by atoms with E-state index in [4.69, 9.17) is 14.7 Å². The zero-order chi connectivity index (χ0) is 20.7. The average molecular weight is 403 g/mol. The second-order valence-electron chi connectivity index (χ2n) is 7.13. The number of hydrogen-bond donors (Lipinski definition) is 2. The minimum Gasteiger partial charge on any atom is -0.394 e. The van der Waals surface area contributed by atoms with Crippen molar-refractivity contribution >= 4 is 5.97 Å². The van der Waals surface area contributed by atoms with Gasteiger partial charge in [0.05, 0.1) is 25.9 Å². The lowest BCUT2D eigenvalue weighted by Gasteiger charge is -2.07. The topological polar surface area (TPSA) is 85.2 Å². The molecule has 0 saturated heterocycles. The smallest absolute Gasteiger partial charge is 0.342 e. The van der Waals surface area contributed by atoms with Crippen LogP contribution in [0.2, 0.25) is 0 Å². The van der Waals surface area contributed by atoms with E-state index in [9.17, 15) is 9.90 Å². The largest absolute Gasteiger partial charge is 0.394 e. The molecule has 0 radical (unpaired) electrons. The van der Waals surface area contributed by atoms with Crippen LogP contribution in [0.1, 0.15) is 90.4 Å². The van der Waals surface area contributed by atoms with E-state index in [0.717, 1.165) is 57.8 Å². The van der Waals surface area contributed by atoms with Gasteiger partial charge in [0.2, 0.25) is 0 Å². The summed E-state index contributed by atoms with van der Waals surface area (Å²) in [5.41, 5.74) is 0. The zero-order valence-electron chi connectivity index (χ0n) is 17.8. The van der Waals surface area contributed by atoms with Gasteiger partial charge in [-0.2, -0.15) is 4.89 Å². The summed E-state index contributed by atoms with van der Waals surface area (Å²) >= 11 is 0. The first-order valence-corrected chi connectivity index (χ1v) is 11.0. The molecule has 0 aliphatic rings. The molecule has 0 heterocycles. The Labute approximate surface area is 171 Å². The van der Waals surface area contributed by atoms with Crippen LogP contribution in [0.15, 0.2) is 12.2 Å². The van der Waals surface area contributed by atoms with Gasteiger partial charge in [-0.15, -0.1) is 0 Å². The minimum atomic E-state index is -0.349. The van der Waals surface area contributed by atoms with Gasteiger partial charge in [0, 0.05) is 6.42 Å². The van der Waals surface area contributed by atoms with E-state index in [1.807, 2.05) is 0 Å². The van der Waals surface area contributed by atoms with E-state index >= 15 is 0 Å². The Kier molecular flexibility index (Phi) is 21.6. The van der Waals surface area contributed by atoms with Crippen molar-refractivity contribution in [3.63, 3.8) is 0 Å². The third kappa shape index (κ3) is 21.4. The Bertz CT molecular complexity index is 359. The van der Waals surface area contributed by atoms with Crippen LogP contribution in [0.4, 0.5) is 0 Å². The van der Waals surface area contributed by atoms with Crippen LogP contribution >= 0.6 is 0 Å². The maximum atomic E-state index is 11.4. The van der Waals surface area contributed by atoms with Crippen LogP contribution in [-0.2, 0) is 19.3 Å². The van der Waals surface area contributed by atoms with E-state index in [2.05, 4.69) is 24.0 Å². The number of ether oxygens (including phenoxy) is 1. The first kappa shape index (κ1) is 27.0. The van der Waals surface area contributed by atoms with Crippen LogP contribution in [0, 0.1) is 0 Å². The maximum Gasteiger partial charge on any atom is 0.342 e. The molecule has 1 atom stereocenters. The van der Waals surface area contributed by atoms with Crippen molar-refractivity contribution in [3.8, 4) is 0 Å². The molecule has 0 aromatic rings. The lowest BCUT2D eigenvalue weighted by Crippen LogP contribution is -2.11. The summed E-state index contributed by atoms with van der Waals surface area (Å²) in [5, 5.41) is 18.4. The number of hydrogen-bond acceptors (Lipinski definition) is 6. The lowest BCUT2D eigenvalue weighted by atomic mass is 10.1. The molecule has 0 saturated carbocycles. The number of unbranched alkanes of at least 4 members (excludes halogenated alkanes) is 8. The highest BCUT2D eigenvalue weighted by molar-refractivity contribution is 5.68. The van der Waals surface area contributed by atoms with Crippen molar-refractivity contribution < 1.29 is 29.5 Å². The summed E-state index contributed by atoms with van der Waals surface area (Å²) in [7, 11) is 0. The molecular formula is C22H42O6. The van der Waals surface area contributed by atoms with Crippen LogP contribution in [0.5, 0.6) is 0 Å². The molecule has 0 bridgehead atoms. The summed E-state index contributed by atoms with van der Waals surface area (Å²) in [6.45, 7) is 2.89. The molecule has 0 fully saturated rings. The number of carbonyl (C=O) groups is 1. The number of carbonyl (C=O) groups excluding carboxylic acids is 1. The van der Waals surface area contributed by atoms with Gasteiger partial charge in [-0.3, -0.25) is 4.89 Å². The van der Waals surface area contributed by atoms with Gasteiger partial charge < -0.3 is 14.9 Å². The summed E-state index contributed by atoms with van der Waals surface area (Å²) in [5.74, 6) is -0.349. The monoisotopic (exact) mass is 402 g/mol. The average Bonchev–Trinajstić information content (AvgIpc) is 2.69. The van der Waals surface area contributed by atoms with Gasteiger partial charge in [0.25, 0.3) is 0 Å². The molecule has 0 spiro atoms. The number of allylic oxidation sites excluding steroid dienone is 1. The van der Waals surface area contributed by atoms with E-state index < -0.39 is 0 Å². The molecule has 6 heteroatoms. The molecule has 0 amide bonds. The standard InChI is InChI=1S/C22H42O6/c1-2-3-4-11-14-21(24)15-12-9-7-5-6-8-10-13-16-22(25)28-27-20-19-26-18-17-23/h9,12,21,23-24H,2-8,10-11,13-20H2,1H3/b12-9-/t21-/m1/s1. The number of rotatable bonds is 21. The van der Waals surface area contributed by atoms with Crippen LogP contribution in [-0.4, -0.2) is 48.7 Å². The van der Waals surface area contributed by atoms with Crippen LogP contribution in [0.25, 0.3) is 0 Å². The third-order valence-corrected chi connectivity index (χ3v) is 4.42. The number of aliphatic hydroxyl groups excluding tert-OH is 2. The van der Waals surface area contributed by atoms with Crippen LogP contribution < -0.4 is 0 Å². The Morgan fingerprint density at radius 2 is 1.68 bits per heavy atom. The van der Waals surface area contributed by atoms with Gasteiger partial charge in [-0.25, -0.2) is 4.79 Å². The highest BCUT2D eigenvalue weighted by atomic mass is 17.2. The number of aliphatic hydroxyl groups is 2. The quantitative estimate of drug-likeness (QED) is 0.127. The van der Waals surface area contributed by atoms with Crippen molar-refractivity contribution in [1.82, 2.24) is 0 Å². The molecule has 28 heavy (non-hydrogen) atoms. The first-order chi connectivity index (χ1) is 13.7. The Hall–Kier alpha value is -0.950. The molecule has 0 aromatic heterocycles. The van der Waals surface area contributed by atoms with E-state index in [1.54, 1.807) is 0 Å². The Morgan fingerprint density at radius 3 is 2.46 bits per heavy atom. The SMILES string of the molecule is CCCCCC[C@@H](O)C/C=C\CCCCCCCC(=O)OOCCOCCO. The summed E-state index contributed by atoms with van der Waals surface area (Å²) in [4.78, 5) is 20.8. The van der Waals surface area contributed by atoms with Gasteiger partial charge in [-0.1, -0.05) is 64.0 Å². The molecule has 6 nitrogen and oxygen atoms in total. The predicted molar refractivity (Wildman–Crippen MR) is 111 cm³/mol. The van der Waals surface area contributed by atoms with Crippen molar-refractivity contribution in [2.24, 2.45) is 0 Å². The maximum absolute atomic E-state index is 11.4. The van der Waals surface area contributed by atoms with Gasteiger partial charge in [-0.05, 0) is 32.1 Å². The second-order valence-corrected chi connectivity index (χ2v) is 7.13. The highest BCUT2D eigenvalue weighted by Crippen LogP contribution is 2.10. The molecule has 0 aliphatic heterocycles. The zero-order valence-corrected chi connectivity index (χ0v) is 17.8. The molecular weight excluding hydrogens is 360 g/mol. The normalized spacial score (nSPS) is 12.5. The van der Waals surface area contributed by atoms with E-state index in [1.165, 1.54) is 19.3 Å². The molecule has 0 rings (SSSR count). The third-order valence-electron chi connectivity index (χ3n) is 4.42. The first-order valence-electron chi connectivity index (χ1n) is 11.0. The molecule has 166 valence electrons. The second kappa shape index (κ2) is 22.3. The van der Waals surface area contributed by atoms with Gasteiger partial charge >= 0.3 is 5.97 Å². The van der Waals surface area contributed by atoms with Crippen molar-refractivity contribution in [2.75, 3.05) is 26.4 Å².